The predicted octanol–water partition coefficient (Wildman–Crippen LogP) is 2.84. The number of carbonyl (C=O) groups is 1. The molecule has 1 aromatic carbocycles. The summed E-state index contributed by atoms with van der Waals surface area (Å²) in [5.74, 6) is 1.32. The summed E-state index contributed by atoms with van der Waals surface area (Å²) >= 11 is 6.15. The molecule has 0 bridgehead atoms. The Labute approximate surface area is 141 Å². The van der Waals surface area contributed by atoms with Crippen molar-refractivity contribution in [2.45, 2.75) is 26.3 Å². The van der Waals surface area contributed by atoms with Crippen molar-refractivity contribution < 1.29 is 14.3 Å². The molecule has 2 heterocycles. The number of nitrogens with one attached hydrogen (secondary N) is 1. The number of fused-ring (bicyclic) bond motifs is 1. The first-order valence-electron chi connectivity index (χ1n) is 8.22. The molecule has 2 amide bonds. The van der Waals surface area contributed by atoms with Crippen LogP contribution in [0, 0.1) is 5.92 Å². The molecular formula is C17H23ClN2O3. The number of rotatable bonds is 5. The van der Waals surface area contributed by atoms with Crippen LogP contribution in [0.3, 0.4) is 0 Å². The number of hydrogen-bond acceptors (Lipinski definition) is 3. The van der Waals surface area contributed by atoms with E-state index in [2.05, 4.69) is 5.32 Å². The molecule has 1 saturated heterocycles. The van der Waals surface area contributed by atoms with Crippen molar-refractivity contribution in [2.75, 3.05) is 32.9 Å². The number of nitrogens with zero attached hydrogens (tertiary/aromatic N) is 1. The summed E-state index contributed by atoms with van der Waals surface area (Å²) in [5.41, 5.74) is 2.07. The highest BCUT2D eigenvalue weighted by atomic mass is 35.5. The van der Waals surface area contributed by atoms with Crippen molar-refractivity contribution in [3.8, 4) is 5.75 Å². The van der Waals surface area contributed by atoms with E-state index in [1.807, 2.05) is 24.0 Å². The van der Waals surface area contributed by atoms with E-state index in [0.29, 0.717) is 24.1 Å². The maximum Gasteiger partial charge on any atom is 0.317 e. The van der Waals surface area contributed by atoms with Gasteiger partial charge in [-0.05, 0) is 31.0 Å². The van der Waals surface area contributed by atoms with Crippen LogP contribution in [-0.2, 0) is 17.7 Å². The second-order valence-electron chi connectivity index (χ2n) is 6.07. The molecule has 0 saturated carbocycles. The SMILES string of the molecule is CCOC[C@H]1CCN(C(=O)NCc2cc(Cl)cc3c2OCC3)C1. The normalized spacial score (nSPS) is 19.6. The Hall–Kier alpha value is -1.46. The van der Waals surface area contributed by atoms with E-state index in [-0.39, 0.29) is 6.03 Å². The minimum absolute atomic E-state index is 0.0317. The van der Waals surface area contributed by atoms with Crippen LogP contribution in [0.4, 0.5) is 4.79 Å². The molecule has 0 aliphatic carbocycles. The largest absolute Gasteiger partial charge is 0.493 e. The first-order valence-corrected chi connectivity index (χ1v) is 8.59. The third-order valence-electron chi connectivity index (χ3n) is 4.39. The van der Waals surface area contributed by atoms with Crippen molar-refractivity contribution in [3.63, 3.8) is 0 Å². The Morgan fingerprint density at radius 3 is 3.22 bits per heavy atom. The lowest BCUT2D eigenvalue weighted by Gasteiger charge is -2.18. The molecule has 1 atom stereocenters. The van der Waals surface area contributed by atoms with Gasteiger partial charge in [0.25, 0.3) is 0 Å². The Kier molecular flexibility index (Phi) is 5.28. The molecule has 126 valence electrons. The standard InChI is InChI=1S/C17H23ClN2O3/c1-2-22-11-12-3-5-20(10-12)17(21)19-9-14-8-15(18)7-13-4-6-23-16(13)14/h7-8,12H,2-6,9-11H2,1H3,(H,19,21)/t12-/m0/s1. The number of ether oxygens (including phenoxy) is 2. The van der Waals surface area contributed by atoms with Gasteiger partial charge in [-0.25, -0.2) is 4.79 Å². The van der Waals surface area contributed by atoms with Crippen LogP contribution < -0.4 is 10.1 Å². The Morgan fingerprint density at radius 2 is 2.39 bits per heavy atom. The van der Waals surface area contributed by atoms with Gasteiger partial charge in [0.2, 0.25) is 0 Å². The lowest BCUT2D eigenvalue weighted by Crippen LogP contribution is -2.38. The first-order chi connectivity index (χ1) is 11.2. The van der Waals surface area contributed by atoms with Gasteiger partial charge in [0.1, 0.15) is 5.75 Å². The smallest absolute Gasteiger partial charge is 0.317 e. The average Bonchev–Trinajstić information content (AvgIpc) is 3.19. The minimum Gasteiger partial charge on any atom is -0.493 e. The summed E-state index contributed by atoms with van der Waals surface area (Å²) in [6.45, 7) is 6.11. The minimum atomic E-state index is -0.0317. The van der Waals surface area contributed by atoms with E-state index in [1.54, 1.807) is 0 Å². The number of benzene rings is 1. The molecule has 0 unspecified atom stereocenters. The summed E-state index contributed by atoms with van der Waals surface area (Å²) in [4.78, 5) is 14.2. The van der Waals surface area contributed by atoms with Crippen LogP contribution in [0.15, 0.2) is 12.1 Å². The second-order valence-corrected chi connectivity index (χ2v) is 6.51. The van der Waals surface area contributed by atoms with Crippen LogP contribution in [0.2, 0.25) is 5.02 Å². The Morgan fingerprint density at radius 1 is 1.52 bits per heavy atom. The van der Waals surface area contributed by atoms with E-state index in [0.717, 1.165) is 56.0 Å². The summed E-state index contributed by atoms with van der Waals surface area (Å²) in [7, 11) is 0. The van der Waals surface area contributed by atoms with E-state index in [4.69, 9.17) is 21.1 Å². The number of urea groups is 1. The van der Waals surface area contributed by atoms with E-state index >= 15 is 0 Å². The molecule has 5 nitrogen and oxygen atoms in total. The number of carbonyl (C=O) groups excluding carboxylic acids is 1. The quantitative estimate of drug-likeness (QED) is 0.898. The van der Waals surface area contributed by atoms with E-state index in [9.17, 15) is 4.79 Å². The highest BCUT2D eigenvalue weighted by molar-refractivity contribution is 6.30. The molecule has 2 aliphatic heterocycles. The summed E-state index contributed by atoms with van der Waals surface area (Å²) in [6.07, 6.45) is 1.88. The molecule has 0 radical (unpaired) electrons. The fourth-order valence-corrected chi connectivity index (χ4v) is 3.46. The number of hydrogen-bond donors (Lipinski definition) is 1. The van der Waals surface area contributed by atoms with Crippen LogP contribution >= 0.6 is 11.6 Å². The van der Waals surface area contributed by atoms with Crippen molar-refractivity contribution in [1.82, 2.24) is 10.2 Å². The van der Waals surface area contributed by atoms with Crippen LogP contribution in [0.1, 0.15) is 24.5 Å². The first kappa shape index (κ1) is 16.4. The summed E-state index contributed by atoms with van der Waals surface area (Å²) in [6, 6.07) is 3.78. The van der Waals surface area contributed by atoms with E-state index < -0.39 is 0 Å². The highest BCUT2D eigenvalue weighted by Crippen LogP contribution is 2.32. The molecule has 0 aromatic heterocycles. The van der Waals surface area contributed by atoms with Crippen LogP contribution in [0.25, 0.3) is 0 Å². The van der Waals surface area contributed by atoms with Crippen molar-refractivity contribution in [3.05, 3.63) is 28.3 Å². The third kappa shape index (κ3) is 3.90. The highest BCUT2D eigenvalue weighted by Gasteiger charge is 2.26. The molecule has 1 N–H and O–H groups in total. The van der Waals surface area contributed by atoms with Crippen LogP contribution in [0.5, 0.6) is 5.75 Å². The fourth-order valence-electron chi connectivity index (χ4n) is 3.20. The lowest BCUT2D eigenvalue weighted by atomic mass is 10.1. The third-order valence-corrected chi connectivity index (χ3v) is 4.60. The van der Waals surface area contributed by atoms with Gasteiger partial charge in [0.05, 0.1) is 13.2 Å². The van der Waals surface area contributed by atoms with Gasteiger partial charge in [-0.3, -0.25) is 0 Å². The predicted molar refractivity (Wildman–Crippen MR) is 89.1 cm³/mol. The van der Waals surface area contributed by atoms with Gasteiger partial charge in [-0.2, -0.15) is 0 Å². The van der Waals surface area contributed by atoms with Crippen molar-refractivity contribution >= 4 is 17.6 Å². The zero-order chi connectivity index (χ0) is 16.2. The van der Waals surface area contributed by atoms with Crippen molar-refractivity contribution in [1.29, 1.82) is 0 Å². The van der Waals surface area contributed by atoms with Gasteiger partial charge in [-0.1, -0.05) is 11.6 Å². The lowest BCUT2D eigenvalue weighted by molar-refractivity contribution is 0.113. The Balaban J connectivity index is 1.54. The zero-order valence-corrected chi connectivity index (χ0v) is 14.2. The molecule has 1 aromatic rings. The molecule has 1 fully saturated rings. The van der Waals surface area contributed by atoms with E-state index in [1.165, 1.54) is 0 Å². The number of halogens is 1. The fraction of sp³-hybridized carbons (Fsp3) is 0.588. The molecular weight excluding hydrogens is 316 g/mol. The van der Waals surface area contributed by atoms with Gasteiger partial charge in [0.15, 0.2) is 0 Å². The molecule has 3 rings (SSSR count). The molecule has 6 heteroatoms. The number of amides is 2. The molecule has 0 spiro atoms. The van der Waals surface area contributed by atoms with Gasteiger partial charge in [-0.15, -0.1) is 0 Å². The van der Waals surface area contributed by atoms with Crippen molar-refractivity contribution in [2.24, 2.45) is 5.92 Å². The second kappa shape index (κ2) is 7.41. The van der Waals surface area contributed by atoms with Gasteiger partial charge < -0.3 is 19.7 Å². The topological polar surface area (TPSA) is 50.8 Å². The molecule has 2 aliphatic rings. The maximum atomic E-state index is 12.3. The van der Waals surface area contributed by atoms with Gasteiger partial charge in [0, 0.05) is 49.2 Å². The zero-order valence-electron chi connectivity index (χ0n) is 13.4. The molecule has 23 heavy (non-hydrogen) atoms. The average molecular weight is 339 g/mol. The maximum absolute atomic E-state index is 12.3. The van der Waals surface area contributed by atoms with Crippen LogP contribution in [-0.4, -0.2) is 43.8 Å². The summed E-state index contributed by atoms with van der Waals surface area (Å²) in [5, 5.41) is 3.67. The monoisotopic (exact) mass is 338 g/mol. The van der Waals surface area contributed by atoms with Gasteiger partial charge >= 0.3 is 6.03 Å². The summed E-state index contributed by atoms with van der Waals surface area (Å²) < 4.78 is 11.1. The Bertz CT molecular complexity index is 579. The number of likely N-dealkylation sites (tertiary alicyclic amines) is 1.